The molecule has 1 amide bonds. The van der Waals surface area contributed by atoms with Crippen molar-refractivity contribution < 1.29 is 14.1 Å². The van der Waals surface area contributed by atoms with Crippen LogP contribution in [-0.2, 0) is 12.8 Å². The van der Waals surface area contributed by atoms with Crippen LogP contribution in [0, 0.1) is 0 Å². The largest absolute Gasteiger partial charge is 0.497 e. The van der Waals surface area contributed by atoms with Gasteiger partial charge in [0, 0.05) is 11.1 Å². The fourth-order valence-corrected chi connectivity index (χ4v) is 3.41. The van der Waals surface area contributed by atoms with Crippen LogP contribution < -0.4 is 10.1 Å². The molecule has 0 unspecified atom stereocenters. The number of aromatic nitrogens is 1. The third-order valence-corrected chi connectivity index (χ3v) is 4.85. The fraction of sp³-hybridized carbons (Fsp3) is 0.238. The van der Waals surface area contributed by atoms with Crippen molar-refractivity contribution in [2.24, 2.45) is 0 Å². The zero-order valence-corrected chi connectivity index (χ0v) is 14.8. The summed E-state index contributed by atoms with van der Waals surface area (Å²) in [4.78, 5) is 12.7. The molecule has 1 aliphatic rings. The molecular formula is C21H20N2O3. The van der Waals surface area contributed by atoms with Gasteiger partial charge in [-0.05, 0) is 49.1 Å². The number of hydrogen-bond donors (Lipinski definition) is 1. The first-order chi connectivity index (χ1) is 12.7. The molecule has 4 rings (SSSR count). The maximum Gasteiger partial charge on any atom is 0.274 e. The van der Waals surface area contributed by atoms with E-state index >= 15 is 0 Å². The second-order valence-corrected chi connectivity index (χ2v) is 6.47. The second kappa shape index (κ2) is 6.67. The minimum absolute atomic E-state index is 0.101. The van der Waals surface area contributed by atoms with Gasteiger partial charge in [-0.1, -0.05) is 35.5 Å². The molecule has 5 heteroatoms. The molecule has 0 bridgehead atoms. The Morgan fingerprint density at radius 3 is 2.77 bits per heavy atom. The molecule has 0 radical (unpaired) electrons. The van der Waals surface area contributed by atoms with Crippen molar-refractivity contribution in [2.75, 3.05) is 7.11 Å². The number of benzene rings is 2. The van der Waals surface area contributed by atoms with Crippen molar-refractivity contribution in [1.29, 1.82) is 0 Å². The van der Waals surface area contributed by atoms with E-state index in [9.17, 15) is 4.79 Å². The Morgan fingerprint density at radius 1 is 1.19 bits per heavy atom. The molecule has 0 fully saturated rings. The summed E-state index contributed by atoms with van der Waals surface area (Å²) >= 11 is 0. The first kappa shape index (κ1) is 16.4. The molecule has 1 heterocycles. The summed E-state index contributed by atoms with van der Waals surface area (Å²) in [5, 5.41) is 7.08. The predicted octanol–water partition coefficient (Wildman–Crippen LogP) is 3.94. The number of methoxy groups -OCH3 is 1. The Labute approximate surface area is 152 Å². The van der Waals surface area contributed by atoms with Gasteiger partial charge in [-0.15, -0.1) is 0 Å². The third-order valence-electron chi connectivity index (χ3n) is 4.85. The van der Waals surface area contributed by atoms with Crippen LogP contribution in [0.1, 0.15) is 40.1 Å². The first-order valence-electron chi connectivity index (χ1n) is 8.69. The van der Waals surface area contributed by atoms with Crippen LogP contribution in [0.2, 0.25) is 0 Å². The van der Waals surface area contributed by atoms with Crippen molar-refractivity contribution in [3.05, 3.63) is 70.9 Å². The Hall–Kier alpha value is -3.08. The Morgan fingerprint density at radius 2 is 2.00 bits per heavy atom. The summed E-state index contributed by atoms with van der Waals surface area (Å²) in [6.45, 7) is 1.96. The van der Waals surface area contributed by atoms with E-state index in [1.807, 2.05) is 55.5 Å². The van der Waals surface area contributed by atoms with Gasteiger partial charge in [-0.25, -0.2) is 0 Å². The lowest BCUT2D eigenvalue weighted by atomic mass is 9.89. The SMILES string of the molecule is COc1ccc2c(c1)CCc1c(C(=O)N[C@@H](C)c3ccccc3)noc1-2. The maximum absolute atomic E-state index is 12.7. The number of ether oxygens (including phenoxy) is 1. The number of aryl methyl sites for hydroxylation is 1. The molecule has 0 aliphatic heterocycles. The van der Waals surface area contributed by atoms with E-state index in [1.54, 1.807) is 7.11 Å². The summed E-state index contributed by atoms with van der Waals surface area (Å²) in [5.41, 5.74) is 4.44. The lowest BCUT2D eigenvalue weighted by molar-refractivity contribution is 0.0930. The zero-order valence-electron chi connectivity index (χ0n) is 14.8. The minimum atomic E-state index is -0.205. The Kier molecular flexibility index (Phi) is 4.21. The summed E-state index contributed by atoms with van der Waals surface area (Å²) < 4.78 is 10.8. The molecule has 2 aromatic carbocycles. The fourth-order valence-electron chi connectivity index (χ4n) is 3.41. The summed E-state index contributed by atoms with van der Waals surface area (Å²) in [6, 6.07) is 15.6. The second-order valence-electron chi connectivity index (χ2n) is 6.47. The predicted molar refractivity (Wildman–Crippen MR) is 98.2 cm³/mol. The van der Waals surface area contributed by atoms with Gasteiger partial charge in [-0.2, -0.15) is 0 Å². The van der Waals surface area contributed by atoms with Crippen LogP contribution in [-0.4, -0.2) is 18.2 Å². The first-order valence-corrected chi connectivity index (χ1v) is 8.69. The van der Waals surface area contributed by atoms with E-state index in [0.717, 1.165) is 40.8 Å². The highest BCUT2D eigenvalue weighted by Crippen LogP contribution is 2.37. The van der Waals surface area contributed by atoms with Crippen molar-refractivity contribution in [3.8, 4) is 17.1 Å². The molecular weight excluding hydrogens is 328 g/mol. The Bertz CT molecular complexity index is 947. The topological polar surface area (TPSA) is 64.4 Å². The van der Waals surface area contributed by atoms with Gasteiger partial charge < -0.3 is 14.6 Å². The summed E-state index contributed by atoms with van der Waals surface area (Å²) in [6.07, 6.45) is 1.55. The van der Waals surface area contributed by atoms with Crippen LogP contribution in [0.4, 0.5) is 0 Å². The van der Waals surface area contributed by atoms with Gasteiger partial charge >= 0.3 is 0 Å². The lowest BCUT2D eigenvalue weighted by Crippen LogP contribution is -2.28. The monoisotopic (exact) mass is 348 g/mol. The minimum Gasteiger partial charge on any atom is -0.497 e. The van der Waals surface area contributed by atoms with Crippen LogP contribution in [0.5, 0.6) is 5.75 Å². The van der Waals surface area contributed by atoms with Crippen molar-refractivity contribution >= 4 is 5.91 Å². The van der Waals surface area contributed by atoms with Crippen molar-refractivity contribution in [1.82, 2.24) is 10.5 Å². The molecule has 0 spiro atoms. The number of hydrogen-bond acceptors (Lipinski definition) is 4. The van der Waals surface area contributed by atoms with Gasteiger partial charge in [0.25, 0.3) is 5.91 Å². The zero-order chi connectivity index (χ0) is 18.1. The molecule has 0 saturated carbocycles. The van der Waals surface area contributed by atoms with Crippen LogP contribution in [0.3, 0.4) is 0 Å². The summed E-state index contributed by atoms with van der Waals surface area (Å²) in [7, 11) is 1.65. The molecule has 26 heavy (non-hydrogen) atoms. The molecule has 132 valence electrons. The molecule has 1 aromatic heterocycles. The van der Waals surface area contributed by atoms with Crippen LogP contribution in [0.15, 0.2) is 53.1 Å². The van der Waals surface area contributed by atoms with Crippen LogP contribution in [0.25, 0.3) is 11.3 Å². The van der Waals surface area contributed by atoms with Gasteiger partial charge in [0.1, 0.15) is 5.75 Å². The van der Waals surface area contributed by atoms with E-state index in [-0.39, 0.29) is 11.9 Å². The molecule has 3 aromatic rings. The number of carbonyl (C=O) groups excluding carboxylic acids is 1. The average molecular weight is 348 g/mol. The number of amides is 1. The third kappa shape index (κ3) is 2.86. The molecule has 5 nitrogen and oxygen atoms in total. The van der Waals surface area contributed by atoms with E-state index in [0.29, 0.717) is 11.5 Å². The standard InChI is InChI=1S/C21H20N2O3/c1-13(14-6-4-3-5-7-14)22-21(24)19-18-10-8-15-12-16(25-2)9-11-17(15)20(18)26-23-19/h3-7,9,11-13H,8,10H2,1-2H3,(H,22,24)/t13-/m0/s1. The van der Waals surface area contributed by atoms with Crippen molar-refractivity contribution in [2.45, 2.75) is 25.8 Å². The highest BCUT2D eigenvalue weighted by molar-refractivity contribution is 5.95. The maximum atomic E-state index is 12.7. The molecule has 1 atom stereocenters. The highest BCUT2D eigenvalue weighted by atomic mass is 16.5. The van der Waals surface area contributed by atoms with Gasteiger partial charge in [0.05, 0.1) is 13.2 Å². The number of fused-ring (bicyclic) bond motifs is 3. The Balaban J connectivity index is 1.60. The number of rotatable bonds is 4. The number of carbonyl (C=O) groups is 1. The smallest absolute Gasteiger partial charge is 0.274 e. The summed E-state index contributed by atoms with van der Waals surface area (Å²) in [5.74, 6) is 1.30. The van der Waals surface area contributed by atoms with E-state index in [1.165, 1.54) is 0 Å². The lowest BCUT2D eigenvalue weighted by Gasteiger charge is -2.17. The average Bonchev–Trinajstić information content (AvgIpc) is 3.12. The quantitative estimate of drug-likeness (QED) is 0.776. The molecule has 1 aliphatic carbocycles. The molecule has 0 saturated heterocycles. The molecule has 1 N–H and O–H groups in total. The highest BCUT2D eigenvalue weighted by Gasteiger charge is 2.28. The van der Waals surface area contributed by atoms with E-state index < -0.39 is 0 Å². The van der Waals surface area contributed by atoms with Crippen LogP contribution >= 0.6 is 0 Å². The van der Waals surface area contributed by atoms with E-state index in [4.69, 9.17) is 9.26 Å². The van der Waals surface area contributed by atoms with E-state index in [2.05, 4.69) is 10.5 Å². The normalized spacial score (nSPS) is 13.5. The number of nitrogens with zero attached hydrogens (tertiary/aromatic N) is 1. The van der Waals surface area contributed by atoms with Crippen molar-refractivity contribution in [3.63, 3.8) is 0 Å². The van der Waals surface area contributed by atoms with Gasteiger partial charge in [-0.3, -0.25) is 4.79 Å². The van der Waals surface area contributed by atoms with Gasteiger partial charge in [0.2, 0.25) is 0 Å². The van der Waals surface area contributed by atoms with Gasteiger partial charge in [0.15, 0.2) is 11.5 Å². The number of nitrogens with one attached hydrogen (secondary N) is 1.